The number of carbonyl (C=O) groups excluding carboxylic acids is 1. The van der Waals surface area contributed by atoms with Crippen molar-refractivity contribution in [3.8, 4) is 0 Å². The molecule has 0 aromatic carbocycles. The molecule has 0 radical (unpaired) electrons. The molecule has 0 N–H and O–H groups in total. The second-order valence-corrected chi connectivity index (χ2v) is 4.69. The fourth-order valence-electron chi connectivity index (χ4n) is 1.66. The lowest BCUT2D eigenvalue weighted by Crippen LogP contribution is -2.35. The minimum atomic E-state index is -0.550. The zero-order valence-electron chi connectivity index (χ0n) is 8.16. The van der Waals surface area contributed by atoms with Crippen LogP contribution in [0.2, 0.25) is 0 Å². The number of rotatable bonds is 3. The largest absolute Gasteiger partial charge is 0.367 e. The van der Waals surface area contributed by atoms with E-state index in [0.29, 0.717) is 13.0 Å². The molecule has 0 spiro atoms. The molecule has 0 aliphatic carbocycles. The normalized spacial score (nSPS) is 26.6. The Morgan fingerprint density at radius 2 is 2.64 bits per heavy atom. The molecule has 3 nitrogen and oxygen atoms in total. The SMILES string of the molecule is CC1(C(=O)Cc2nccs2)CCCO1. The molecule has 1 aliphatic heterocycles. The summed E-state index contributed by atoms with van der Waals surface area (Å²) in [5, 5.41) is 2.77. The number of hydrogen-bond donors (Lipinski definition) is 0. The molecule has 1 aromatic rings. The first kappa shape index (κ1) is 9.80. The average Bonchev–Trinajstić information content (AvgIpc) is 2.76. The average molecular weight is 211 g/mol. The fraction of sp³-hybridized carbons (Fsp3) is 0.600. The van der Waals surface area contributed by atoms with Crippen LogP contribution in [0, 0.1) is 0 Å². The first-order valence-electron chi connectivity index (χ1n) is 4.76. The van der Waals surface area contributed by atoms with Gasteiger partial charge in [0, 0.05) is 18.2 Å². The van der Waals surface area contributed by atoms with Crippen molar-refractivity contribution in [3.05, 3.63) is 16.6 Å². The van der Waals surface area contributed by atoms with Crippen molar-refractivity contribution in [2.45, 2.75) is 31.8 Å². The first-order valence-corrected chi connectivity index (χ1v) is 5.64. The monoisotopic (exact) mass is 211 g/mol. The highest BCUT2D eigenvalue weighted by molar-refractivity contribution is 7.09. The summed E-state index contributed by atoms with van der Waals surface area (Å²) < 4.78 is 5.48. The number of hydrogen-bond acceptors (Lipinski definition) is 4. The molecule has 1 aliphatic rings. The number of ketones is 1. The Labute approximate surface area is 87.1 Å². The number of ether oxygens (including phenoxy) is 1. The predicted octanol–water partition coefficient (Wildman–Crippen LogP) is 1.82. The summed E-state index contributed by atoms with van der Waals surface area (Å²) in [7, 11) is 0. The van der Waals surface area contributed by atoms with Crippen LogP contribution in [0.4, 0.5) is 0 Å². The second-order valence-electron chi connectivity index (χ2n) is 3.71. The highest BCUT2D eigenvalue weighted by Gasteiger charge is 2.37. The Morgan fingerprint density at radius 3 is 3.21 bits per heavy atom. The van der Waals surface area contributed by atoms with E-state index in [4.69, 9.17) is 4.74 Å². The van der Waals surface area contributed by atoms with Gasteiger partial charge in [0.1, 0.15) is 5.60 Å². The van der Waals surface area contributed by atoms with Gasteiger partial charge in [-0.2, -0.15) is 0 Å². The molecule has 76 valence electrons. The molecule has 0 saturated carbocycles. The van der Waals surface area contributed by atoms with Gasteiger partial charge in [-0.1, -0.05) is 0 Å². The quantitative estimate of drug-likeness (QED) is 0.765. The van der Waals surface area contributed by atoms with E-state index < -0.39 is 5.60 Å². The lowest BCUT2D eigenvalue weighted by molar-refractivity contribution is -0.136. The number of nitrogens with zero attached hydrogens (tertiary/aromatic N) is 1. The van der Waals surface area contributed by atoms with Crippen LogP contribution in [0.5, 0.6) is 0 Å². The van der Waals surface area contributed by atoms with Crippen LogP contribution >= 0.6 is 11.3 Å². The summed E-state index contributed by atoms with van der Waals surface area (Å²) in [5.74, 6) is 0.157. The number of thiazole rings is 1. The number of aromatic nitrogens is 1. The van der Waals surface area contributed by atoms with Crippen LogP contribution in [0.25, 0.3) is 0 Å². The summed E-state index contributed by atoms with van der Waals surface area (Å²) in [6.07, 6.45) is 3.97. The minimum absolute atomic E-state index is 0.157. The molecule has 14 heavy (non-hydrogen) atoms. The molecule has 0 amide bonds. The fourth-order valence-corrected chi connectivity index (χ4v) is 2.28. The van der Waals surface area contributed by atoms with Gasteiger partial charge in [0.25, 0.3) is 0 Å². The number of carbonyl (C=O) groups is 1. The van der Waals surface area contributed by atoms with E-state index in [0.717, 1.165) is 17.8 Å². The van der Waals surface area contributed by atoms with Crippen molar-refractivity contribution < 1.29 is 9.53 Å². The van der Waals surface area contributed by atoms with Crippen LogP contribution < -0.4 is 0 Å². The third-order valence-electron chi connectivity index (χ3n) is 2.60. The van der Waals surface area contributed by atoms with Crippen LogP contribution in [0.1, 0.15) is 24.8 Å². The highest BCUT2D eigenvalue weighted by Crippen LogP contribution is 2.27. The lowest BCUT2D eigenvalue weighted by atomic mass is 9.95. The van der Waals surface area contributed by atoms with Gasteiger partial charge in [0.2, 0.25) is 0 Å². The van der Waals surface area contributed by atoms with E-state index in [1.807, 2.05) is 12.3 Å². The third-order valence-corrected chi connectivity index (χ3v) is 3.38. The van der Waals surface area contributed by atoms with Gasteiger partial charge >= 0.3 is 0 Å². The van der Waals surface area contributed by atoms with E-state index in [-0.39, 0.29) is 5.78 Å². The van der Waals surface area contributed by atoms with Crippen molar-refractivity contribution >= 4 is 17.1 Å². The molecule has 2 heterocycles. The van der Waals surface area contributed by atoms with Crippen LogP contribution in [-0.2, 0) is 16.0 Å². The summed E-state index contributed by atoms with van der Waals surface area (Å²) in [6.45, 7) is 2.59. The summed E-state index contributed by atoms with van der Waals surface area (Å²) in [4.78, 5) is 16.0. The first-order chi connectivity index (χ1) is 6.71. The van der Waals surface area contributed by atoms with Crippen LogP contribution in [-0.4, -0.2) is 23.0 Å². The topological polar surface area (TPSA) is 39.2 Å². The smallest absolute Gasteiger partial charge is 0.171 e. The van der Waals surface area contributed by atoms with Crippen molar-refractivity contribution in [2.24, 2.45) is 0 Å². The Balaban J connectivity index is 2.02. The van der Waals surface area contributed by atoms with Crippen LogP contribution in [0.3, 0.4) is 0 Å². The van der Waals surface area contributed by atoms with Gasteiger partial charge in [-0.05, 0) is 19.8 Å². The molecule has 1 saturated heterocycles. The van der Waals surface area contributed by atoms with E-state index in [2.05, 4.69) is 4.98 Å². The van der Waals surface area contributed by atoms with E-state index in [1.165, 1.54) is 11.3 Å². The molecular weight excluding hydrogens is 198 g/mol. The van der Waals surface area contributed by atoms with Gasteiger partial charge < -0.3 is 4.74 Å². The molecule has 1 atom stereocenters. The van der Waals surface area contributed by atoms with Gasteiger partial charge in [0.05, 0.1) is 11.4 Å². The maximum atomic E-state index is 11.9. The van der Waals surface area contributed by atoms with Gasteiger partial charge in [-0.15, -0.1) is 11.3 Å². The van der Waals surface area contributed by atoms with Crippen LogP contribution in [0.15, 0.2) is 11.6 Å². The van der Waals surface area contributed by atoms with E-state index in [9.17, 15) is 4.79 Å². The summed E-state index contributed by atoms with van der Waals surface area (Å²) in [6, 6.07) is 0. The van der Waals surface area contributed by atoms with Crippen molar-refractivity contribution in [1.29, 1.82) is 0 Å². The number of Topliss-reactive ketones (excluding diaryl/α,β-unsaturated/α-hetero) is 1. The summed E-state index contributed by atoms with van der Waals surface area (Å²) in [5.41, 5.74) is -0.550. The zero-order chi connectivity index (χ0) is 10.0. The van der Waals surface area contributed by atoms with Crippen molar-refractivity contribution in [1.82, 2.24) is 4.98 Å². The standard InChI is InChI=1S/C10H13NO2S/c1-10(3-2-5-13-10)8(12)7-9-11-4-6-14-9/h4,6H,2-3,5,7H2,1H3. The molecule has 0 bridgehead atoms. The molecule has 1 fully saturated rings. The third kappa shape index (κ3) is 1.86. The maximum Gasteiger partial charge on any atom is 0.171 e. The highest BCUT2D eigenvalue weighted by atomic mass is 32.1. The Hall–Kier alpha value is -0.740. The zero-order valence-corrected chi connectivity index (χ0v) is 8.97. The molecule has 2 rings (SSSR count). The molecular formula is C10H13NO2S. The predicted molar refractivity (Wildman–Crippen MR) is 54.4 cm³/mol. The molecule has 4 heteroatoms. The Bertz CT molecular complexity index is 315. The van der Waals surface area contributed by atoms with Gasteiger partial charge in [0.15, 0.2) is 5.78 Å². The summed E-state index contributed by atoms with van der Waals surface area (Å²) >= 11 is 1.52. The lowest BCUT2D eigenvalue weighted by Gasteiger charge is -2.20. The molecule has 1 unspecified atom stereocenters. The minimum Gasteiger partial charge on any atom is -0.367 e. The second kappa shape index (κ2) is 3.79. The van der Waals surface area contributed by atoms with Crippen molar-refractivity contribution in [2.75, 3.05) is 6.61 Å². The van der Waals surface area contributed by atoms with Gasteiger partial charge in [-0.25, -0.2) is 4.98 Å². The van der Waals surface area contributed by atoms with E-state index >= 15 is 0 Å². The maximum absolute atomic E-state index is 11.9. The Kier molecular flexibility index (Phi) is 2.65. The van der Waals surface area contributed by atoms with E-state index in [1.54, 1.807) is 6.20 Å². The molecule has 1 aromatic heterocycles. The van der Waals surface area contributed by atoms with Gasteiger partial charge in [-0.3, -0.25) is 4.79 Å². The Morgan fingerprint density at radius 1 is 1.79 bits per heavy atom. The van der Waals surface area contributed by atoms with Crippen molar-refractivity contribution in [3.63, 3.8) is 0 Å².